The van der Waals surface area contributed by atoms with Crippen LogP contribution >= 0.6 is 0 Å². The van der Waals surface area contributed by atoms with Crippen molar-refractivity contribution in [3.05, 3.63) is 29.3 Å². The number of rotatable bonds is 4. The molecule has 7 nitrogen and oxygen atoms in total. The third-order valence-electron chi connectivity index (χ3n) is 3.06. The van der Waals surface area contributed by atoms with Crippen molar-refractivity contribution in [2.24, 2.45) is 0 Å². The van der Waals surface area contributed by atoms with Gasteiger partial charge in [-0.3, -0.25) is 4.79 Å². The Morgan fingerprint density at radius 1 is 1.35 bits per heavy atom. The maximum Gasteiger partial charge on any atom is 0.269 e. The zero-order valence-electron chi connectivity index (χ0n) is 11.0. The number of carbonyl (C=O) groups excluding carboxylic acids is 2. The summed E-state index contributed by atoms with van der Waals surface area (Å²) >= 11 is 0. The van der Waals surface area contributed by atoms with Crippen LogP contribution in [0.25, 0.3) is 0 Å². The Hall–Kier alpha value is -1.93. The maximum atomic E-state index is 12.3. The number of carbonyl (C=O) groups is 2. The molecule has 0 aliphatic carbocycles. The molecule has 1 aliphatic heterocycles. The second-order valence-corrected chi connectivity index (χ2v) is 6.67. The number of quaternary nitrogens is 1. The first-order valence-corrected chi connectivity index (χ1v) is 7.40. The van der Waals surface area contributed by atoms with Gasteiger partial charge in [0.1, 0.15) is 4.90 Å². The van der Waals surface area contributed by atoms with Gasteiger partial charge >= 0.3 is 0 Å². The van der Waals surface area contributed by atoms with Gasteiger partial charge in [-0.15, -0.1) is 0 Å². The monoisotopic (exact) mass is 298 g/mol. The lowest BCUT2D eigenvalue weighted by molar-refractivity contribution is -0.857. The predicted molar refractivity (Wildman–Crippen MR) is 66.7 cm³/mol. The summed E-state index contributed by atoms with van der Waals surface area (Å²) in [5.41, 5.74) is -0.260. The summed E-state index contributed by atoms with van der Waals surface area (Å²) in [6.45, 7) is 0.519. The Bertz CT molecular complexity index is 681. The van der Waals surface area contributed by atoms with Gasteiger partial charge in [-0.2, -0.15) is 0 Å². The zero-order chi connectivity index (χ0) is 15.1. The molecule has 0 spiro atoms. The number of likely N-dealkylation sites (N-methyl/N-ethyl adjacent to an activating group) is 1. The molecule has 0 saturated carbocycles. The molecule has 0 atom stereocenters. The quantitative estimate of drug-likeness (QED) is 0.654. The molecule has 20 heavy (non-hydrogen) atoms. The summed E-state index contributed by atoms with van der Waals surface area (Å²) in [6.07, 6.45) is 0. The molecule has 0 saturated heterocycles. The molecule has 2 rings (SSSR count). The van der Waals surface area contributed by atoms with E-state index >= 15 is 0 Å². The third-order valence-corrected chi connectivity index (χ3v) is 4.88. The van der Waals surface area contributed by atoms with Crippen LogP contribution in [0.1, 0.15) is 20.7 Å². The topological polar surface area (TPSA) is 99.0 Å². The van der Waals surface area contributed by atoms with Crippen LogP contribution in [0.15, 0.2) is 23.1 Å². The number of carboxylic acids is 1. The average molecular weight is 298 g/mol. The van der Waals surface area contributed by atoms with Crippen LogP contribution in [-0.4, -0.2) is 51.8 Å². The Morgan fingerprint density at radius 2 is 2.00 bits per heavy atom. The molecular formula is C12H14N2O5S. The Labute approximate surface area is 116 Å². The molecule has 0 aromatic heterocycles. The molecule has 0 unspecified atom stereocenters. The van der Waals surface area contributed by atoms with Crippen molar-refractivity contribution in [3.8, 4) is 0 Å². The zero-order valence-corrected chi connectivity index (χ0v) is 11.9. The molecule has 0 radical (unpaired) electrons. The van der Waals surface area contributed by atoms with Crippen LogP contribution in [0.3, 0.4) is 0 Å². The smallest absolute Gasteiger partial charge is 0.269 e. The highest BCUT2D eigenvalue weighted by Gasteiger charge is 2.41. The van der Waals surface area contributed by atoms with Crippen LogP contribution in [-0.2, 0) is 10.0 Å². The number of fused-ring (bicyclic) bond motifs is 1. The van der Waals surface area contributed by atoms with E-state index in [4.69, 9.17) is 0 Å². The van der Waals surface area contributed by atoms with Gasteiger partial charge in [0.15, 0.2) is 0 Å². The summed E-state index contributed by atoms with van der Waals surface area (Å²) in [5, 5.41) is 10.8. The van der Waals surface area contributed by atoms with E-state index in [0.717, 1.165) is 15.3 Å². The fourth-order valence-corrected chi connectivity index (χ4v) is 3.54. The molecule has 1 amide bonds. The number of amides is 1. The van der Waals surface area contributed by atoms with Gasteiger partial charge in [0.25, 0.3) is 15.9 Å². The van der Waals surface area contributed by atoms with Crippen LogP contribution in [0.5, 0.6) is 0 Å². The minimum Gasteiger partial charge on any atom is -0.545 e. The first kappa shape index (κ1) is 14.5. The number of hydrogen-bond acceptors (Lipinski definition) is 5. The lowest BCUT2D eigenvalue weighted by Crippen LogP contribution is -3.06. The maximum absolute atomic E-state index is 12.3. The fourth-order valence-electron chi connectivity index (χ4n) is 1.95. The Balaban J connectivity index is 2.45. The van der Waals surface area contributed by atoms with Crippen molar-refractivity contribution >= 4 is 21.9 Å². The third kappa shape index (κ3) is 2.27. The van der Waals surface area contributed by atoms with Crippen LogP contribution in [0.2, 0.25) is 0 Å². The highest BCUT2D eigenvalue weighted by molar-refractivity contribution is 7.90. The molecule has 1 aromatic carbocycles. The molecule has 8 heteroatoms. The van der Waals surface area contributed by atoms with E-state index in [9.17, 15) is 23.1 Å². The molecule has 1 heterocycles. The largest absolute Gasteiger partial charge is 0.545 e. The number of nitrogens with zero attached hydrogens (tertiary/aromatic N) is 1. The van der Waals surface area contributed by atoms with Gasteiger partial charge in [-0.1, -0.05) is 6.07 Å². The lowest BCUT2D eigenvalue weighted by atomic mass is 10.1. The number of sulfonamides is 1. The molecule has 108 valence electrons. The van der Waals surface area contributed by atoms with E-state index < -0.39 is 21.9 Å². The van der Waals surface area contributed by atoms with Gasteiger partial charge < -0.3 is 14.8 Å². The van der Waals surface area contributed by atoms with Crippen LogP contribution < -0.4 is 10.0 Å². The van der Waals surface area contributed by atoms with Crippen LogP contribution in [0, 0.1) is 0 Å². The minimum absolute atomic E-state index is 0.00348. The number of aromatic carboxylic acids is 1. The Morgan fingerprint density at radius 3 is 2.55 bits per heavy atom. The first-order chi connectivity index (χ1) is 9.25. The standard InChI is InChI=1S/C12H14N2O5S/c1-13(2)5-6-14-11(15)9-4-3-8(12(16)17)7-10(9)20(14,18)19/h3-4,7H,5-6H2,1-2H3,(H,16,17). The van der Waals surface area contributed by atoms with E-state index in [-0.39, 0.29) is 22.6 Å². The predicted octanol–water partition coefficient (Wildman–Crippen LogP) is -2.66. The summed E-state index contributed by atoms with van der Waals surface area (Å²) in [6, 6.07) is 3.35. The SMILES string of the molecule is C[NH+](C)CCN1C(=O)c2ccc(C(=O)[O-])cc2S1(=O)=O. The fraction of sp³-hybridized carbons (Fsp3) is 0.333. The van der Waals surface area contributed by atoms with Crippen molar-refractivity contribution in [1.29, 1.82) is 0 Å². The van der Waals surface area contributed by atoms with Crippen molar-refractivity contribution in [3.63, 3.8) is 0 Å². The van der Waals surface area contributed by atoms with Gasteiger partial charge in [0.2, 0.25) is 0 Å². The molecule has 0 fully saturated rings. The number of carboxylic acid groups (broad SMARTS) is 1. The number of nitrogens with one attached hydrogen (secondary N) is 1. The highest BCUT2D eigenvalue weighted by Crippen LogP contribution is 2.30. The van der Waals surface area contributed by atoms with Gasteiger partial charge in [0, 0.05) is 0 Å². The summed E-state index contributed by atoms with van der Waals surface area (Å²) in [4.78, 5) is 23.6. The van der Waals surface area contributed by atoms with E-state index in [1.807, 2.05) is 14.1 Å². The molecule has 1 aromatic rings. The molecule has 1 N–H and O–H groups in total. The highest BCUT2D eigenvalue weighted by atomic mass is 32.2. The second-order valence-electron chi connectivity index (χ2n) is 4.84. The summed E-state index contributed by atoms with van der Waals surface area (Å²) in [5.74, 6) is -2.10. The molecule has 1 aliphatic rings. The van der Waals surface area contributed by atoms with Gasteiger partial charge in [-0.25, -0.2) is 12.7 Å². The average Bonchev–Trinajstić information content (AvgIpc) is 2.55. The van der Waals surface area contributed by atoms with Crippen molar-refractivity contribution in [2.45, 2.75) is 4.90 Å². The van der Waals surface area contributed by atoms with E-state index in [1.165, 1.54) is 12.1 Å². The molecule has 0 bridgehead atoms. The van der Waals surface area contributed by atoms with Crippen LogP contribution in [0.4, 0.5) is 0 Å². The summed E-state index contributed by atoms with van der Waals surface area (Å²) in [7, 11) is -0.284. The normalized spacial score (nSPS) is 16.6. The van der Waals surface area contributed by atoms with Gasteiger partial charge in [0.05, 0.1) is 38.7 Å². The second kappa shape index (κ2) is 4.88. The van der Waals surface area contributed by atoms with Crippen molar-refractivity contribution < 1.29 is 28.0 Å². The van der Waals surface area contributed by atoms with Gasteiger partial charge in [-0.05, 0) is 17.7 Å². The molecular weight excluding hydrogens is 284 g/mol. The van der Waals surface area contributed by atoms with Crippen molar-refractivity contribution in [2.75, 3.05) is 27.2 Å². The van der Waals surface area contributed by atoms with E-state index in [0.29, 0.717) is 6.54 Å². The van der Waals surface area contributed by atoms with E-state index in [1.54, 1.807) is 0 Å². The number of hydrogen-bond donors (Lipinski definition) is 1. The minimum atomic E-state index is -3.97. The summed E-state index contributed by atoms with van der Waals surface area (Å²) < 4.78 is 25.3. The first-order valence-electron chi connectivity index (χ1n) is 5.96. The van der Waals surface area contributed by atoms with Crippen molar-refractivity contribution in [1.82, 2.24) is 4.31 Å². The lowest BCUT2D eigenvalue weighted by Gasteiger charge is -2.16. The Kier molecular flexibility index (Phi) is 3.53. The number of benzene rings is 1. The van der Waals surface area contributed by atoms with E-state index in [2.05, 4.69) is 0 Å².